The van der Waals surface area contributed by atoms with Crippen molar-refractivity contribution in [2.24, 2.45) is 11.5 Å². The monoisotopic (exact) mass is 940 g/mol. The van der Waals surface area contributed by atoms with E-state index in [4.69, 9.17) is 21.2 Å². The zero-order valence-corrected chi connectivity index (χ0v) is 38.6. The molecule has 8 rings (SSSR count). The Labute approximate surface area is 394 Å². The minimum absolute atomic E-state index is 0.00796. The third-order valence-corrected chi connectivity index (χ3v) is 11.7. The van der Waals surface area contributed by atoms with Crippen molar-refractivity contribution in [1.82, 2.24) is 48.5 Å². The normalized spacial score (nSPS) is 13.6. The molecule has 2 aliphatic rings. The molecule has 0 unspecified atom stereocenters. The first-order valence-electron chi connectivity index (χ1n) is 22.6. The van der Waals surface area contributed by atoms with Crippen molar-refractivity contribution in [3.05, 3.63) is 101 Å². The molecule has 5 heterocycles. The molecule has 0 spiro atoms. The first kappa shape index (κ1) is 47.1. The van der Waals surface area contributed by atoms with E-state index in [1.54, 1.807) is 67.6 Å². The number of imidazole rings is 2. The summed E-state index contributed by atoms with van der Waals surface area (Å²) in [5.74, 6) is -2.76. The van der Waals surface area contributed by atoms with Crippen LogP contribution < -0.4 is 26.8 Å². The maximum Gasteiger partial charge on any atom is 0.276 e. The minimum atomic E-state index is -0.729. The third-order valence-electron chi connectivity index (χ3n) is 11.7. The number of aromatic nitrogens is 8. The molecule has 69 heavy (non-hydrogen) atoms. The van der Waals surface area contributed by atoms with Gasteiger partial charge in [0, 0.05) is 75.0 Å². The number of hydrogen-bond acceptors (Lipinski definition) is 12. The number of nitrogens with two attached hydrogens (primary N) is 2. The lowest BCUT2D eigenvalue weighted by molar-refractivity contribution is -0.138. The van der Waals surface area contributed by atoms with Gasteiger partial charge in [-0.15, -0.1) is 0 Å². The van der Waals surface area contributed by atoms with Gasteiger partial charge < -0.3 is 30.2 Å². The number of aryl methyl sites for hydroxylation is 4. The Morgan fingerprint density at radius 2 is 1.33 bits per heavy atom. The molecule has 0 atom stereocenters. The maximum atomic E-state index is 13.9. The van der Waals surface area contributed by atoms with E-state index in [0.717, 1.165) is 17.7 Å². The quantitative estimate of drug-likeness (QED) is 0.0459. The highest BCUT2D eigenvalue weighted by molar-refractivity contribution is 6.13. The first-order chi connectivity index (χ1) is 33.1. The molecule has 22 heteroatoms. The van der Waals surface area contributed by atoms with Crippen LogP contribution in [0.25, 0.3) is 22.1 Å². The van der Waals surface area contributed by atoms with Gasteiger partial charge in [0.1, 0.15) is 22.7 Å². The summed E-state index contributed by atoms with van der Waals surface area (Å²) in [4.78, 5) is 102. The number of primary amides is 2. The molecule has 1 aliphatic heterocycles. The number of allylic oxidation sites excluding steroid dienone is 2. The summed E-state index contributed by atoms with van der Waals surface area (Å²) in [5.41, 5.74) is 15.5. The third kappa shape index (κ3) is 10.1. The molecule has 2 aromatic carbocycles. The molecule has 6 N–H and O–H groups in total. The van der Waals surface area contributed by atoms with E-state index in [0.29, 0.717) is 70.9 Å². The van der Waals surface area contributed by atoms with Crippen LogP contribution in [0.3, 0.4) is 0 Å². The molecule has 22 nitrogen and oxygen atoms in total. The lowest BCUT2D eigenvalue weighted by Crippen LogP contribution is -2.38. The van der Waals surface area contributed by atoms with Crippen molar-refractivity contribution in [3.63, 3.8) is 0 Å². The summed E-state index contributed by atoms with van der Waals surface area (Å²) in [5, 5.41) is 14.6. The summed E-state index contributed by atoms with van der Waals surface area (Å²) < 4.78 is 13.0. The number of imide groups is 1. The van der Waals surface area contributed by atoms with Gasteiger partial charge in [0.15, 0.2) is 0 Å². The second-order valence-electron chi connectivity index (χ2n) is 16.7. The fourth-order valence-electron chi connectivity index (χ4n) is 8.27. The van der Waals surface area contributed by atoms with Gasteiger partial charge in [0.05, 0.1) is 34.5 Å². The molecule has 358 valence electrons. The van der Waals surface area contributed by atoms with Crippen molar-refractivity contribution in [2.75, 3.05) is 30.3 Å². The Bertz CT molecular complexity index is 3090. The largest absolute Gasteiger partial charge is 0.491 e. The van der Waals surface area contributed by atoms with E-state index in [1.807, 2.05) is 26.0 Å². The van der Waals surface area contributed by atoms with E-state index >= 15 is 0 Å². The second-order valence-corrected chi connectivity index (χ2v) is 16.7. The average Bonchev–Trinajstić information content (AvgIpc) is 3.52. The van der Waals surface area contributed by atoms with Crippen LogP contribution in [0.15, 0.2) is 66.8 Å². The number of nitrogens with zero attached hydrogens (tertiary/aromatic N) is 10. The predicted molar refractivity (Wildman–Crippen MR) is 252 cm³/mol. The van der Waals surface area contributed by atoms with Crippen LogP contribution in [-0.2, 0) is 40.6 Å². The zero-order chi connectivity index (χ0) is 49.1. The minimum Gasteiger partial charge on any atom is -0.491 e. The van der Waals surface area contributed by atoms with Gasteiger partial charge in [-0.2, -0.15) is 10.2 Å². The second kappa shape index (κ2) is 19.8. The molecular formula is C47H52N14O8. The molecule has 0 bridgehead atoms. The van der Waals surface area contributed by atoms with E-state index < -0.39 is 35.4 Å². The van der Waals surface area contributed by atoms with Crippen molar-refractivity contribution < 1.29 is 38.3 Å². The van der Waals surface area contributed by atoms with Crippen LogP contribution in [0.1, 0.15) is 92.6 Å². The van der Waals surface area contributed by atoms with Gasteiger partial charge in [-0.1, -0.05) is 12.2 Å². The van der Waals surface area contributed by atoms with Crippen LogP contribution in [0.5, 0.6) is 5.75 Å². The van der Waals surface area contributed by atoms with Gasteiger partial charge in [-0.05, 0) is 89.4 Å². The number of benzene rings is 2. The van der Waals surface area contributed by atoms with Gasteiger partial charge in [-0.3, -0.25) is 58.5 Å². The lowest BCUT2D eigenvalue weighted by atomic mass is 10.1. The molecule has 1 saturated carbocycles. The van der Waals surface area contributed by atoms with Gasteiger partial charge >= 0.3 is 0 Å². The highest BCUT2D eigenvalue weighted by atomic mass is 16.5. The summed E-state index contributed by atoms with van der Waals surface area (Å²) in [6.45, 7) is 8.96. The number of amides is 7. The fraction of sp³-hybridized carbons (Fsp3) is 0.340. The molecule has 0 saturated heterocycles. The topological polar surface area (TPSA) is 283 Å². The smallest absolute Gasteiger partial charge is 0.276 e. The Morgan fingerprint density at radius 1 is 0.768 bits per heavy atom. The Morgan fingerprint density at radius 3 is 1.91 bits per heavy atom. The summed E-state index contributed by atoms with van der Waals surface area (Å²) in [6, 6.07) is 11.2. The van der Waals surface area contributed by atoms with E-state index in [9.17, 15) is 33.6 Å². The van der Waals surface area contributed by atoms with Crippen molar-refractivity contribution >= 4 is 75.3 Å². The summed E-state index contributed by atoms with van der Waals surface area (Å²) >= 11 is 0. The van der Waals surface area contributed by atoms with E-state index in [2.05, 4.69) is 25.8 Å². The number of nitrogens with one attached hydrogen (secondary N) is 2. The molecule has 1 aliphatic carbocycles. The number of fused-ring (bicyclic) bond motifs is 2. The van der Waals surface area contributed by atoms with Gasteiger partial charge in [0.25, 0.3) is 23.6 Å². The van der Waals surface area contributed by atoms with E-state index in [-0.39, 0.29) is 73.4 Å². The maximum absolute atomic E-state index is 13.9. The number of anilines is 2. The molecule has 4 aromatic heterocycles. The van der Waals surface area contributed by atoms with Gasteiger partial charge in [0.2, 0.25) is 29.6 Å². The number of ether oxygens (including phenoxy) is 1. The zero-order valence-electron chi connectivity index (χ0n) is 38.6. The molecule has 7 amide bonds. The fourth-order valence-corrected chi connectivity index (χ4v) is 8.27. The average molecular weight is 941 g/mol. The highest BCUT2D eigenvalue weighted by Gasteiger charge is 2.33. The van der Waals surface area contributed by atoms with Crippen LogP contribution in [0.2, 0.25) is 0 Å². The van der Waals surface area contributed by atoms with Gasteiger partial charge in [-0.25, -0.2) is 9.97 Å². The molecular weight excluding hydrogens is 889 g/mol. The van der Waals surface area contributed by atoms with Crippen LogP contribution >= 0.6 is 0 Å². The molecule has 1 fully saturated rings. The number of hydrogen-bond donors (Lipinski definition) is 4. The van der Waals surface area contributed by atoms with Crippen LogP contribution in [0, 0.1) is 13.8 Å². The predicted octanol–water partition coefficient (Wildman–Crippen LogP) is 3.47. The summed E-state index contributed by atoms with van der Waals surface area (Å²) in [6.07, 6.45) is 8.10. The van der Waals surface area contributed by atoms with Crippen LogP contribution in [-0.4, -0.2) is 116 Å². The highest BCUT2D eigenvalue weighted by Crippen LogP contribution is 2.33. The number of carbonyl (C=O) groups excluding carboxylic acids is 7. The number of carbonyl (C=O) groups is 7. The van der Waals surface area contributed by atoms with E-state index in [1.165, 1.54) is 24.3 Å². The molecule has 6 aromatic rings. The Hall–Kier alpha value is -8.43. The Balaban J connectivity index is 1.08. The van der Waals surface area contributed by atoms with Crippen molar-refractivity contribution in [2.45, 2.75) is 85.6 Å². The Kier molecular flexibility index (Phi) is 13.5. The SMILES string of the molecule is CCn1nc(C)cc1C(=O)Nc1nc2cc(C(N)=O)ccc2n1C/C=C/Cn1c(NC(=O)c2cc(C)nn2CC)nc2cc(C(N)=O)cc(OCCCN(C(=O)CCN3C(=O)C=CC3=O)C3CC3)c21. The summed E-state index contributed by atoms with van der Waals surface area (Å²) in [7, 11) is 0. The van der Waals surface area contributed by atoms with Crippen LogP contribution in [0.4, 0.5) is 11.9 Å². The number of rotatable bonds is 21. The standard InChI is InChI=1S/C47H52N14O8/c1-5-60-35(22-27(3)54-60)44(67)52-46-50-32-24-29(42(48)65)10-13-34(32)57(46)17-7-8-18-59-41-33(51-47(59)53-45(68)36-23-28(4)55-61(36)6-2)25-30(43(49)66)26-37(41)69-21-9-19-56(31-11-12-31)40(64)16-20-58-38(62)14-15-39(58)63/h7-8,10,13-15,22-26,31H,5-6,9,11-12,16-21H2,1-4H3,(H2,48,65)(H2,49,66)(H,50,52,67)(H,51,53,68)/b8-7+. The van der Waals surface area contributed by atoms with Crippen molar-refractivity contribution in [1.29, 1.82) is 0 Å². The van der Waals surface area contributed by atoms with Crippen molar-refractivity contribution in [3.8, 4) is 5.75 Å². The lowest BCUT2D eigenvalue weighted by Gasteiger charge is -2.24. The first-order valence-corrected chi connectivity index (χ1v) is 22.6. The molecule has 0 radical (unpaired) electrons.